The Morgan fingerprint density at radius 2 is 1.94 bits per heavy atom. The van der Waals surface area contributed by atoms with Crippen LogP contribution in [0.2, 0.25) is 0 Å². The zero-order valence-electron chi connectivity index (χ0n) is 18.6. The number of fused-ring (bicyclic) bond motifs is 1. The van der Waals surface area contributed by atoms with Gasteiger partial charge in [-0.25, -0.2) is 4.98 Å². The van der Waals surface area contributed by atoms with Crippen LogP contribution in [0.25, 0.3) is 11.0 Å². The molecule has 0 aliphatic rings. The predicted octanol–water partition coefficient (Wildman–Crippen LogP) is 6.51. The Bertz CT molecular complexity index is 1020. The fraction of sp³-hybridized carbons (Fsp3) is 0.480. The first-order valence-corrected chi connectivity index (χ1v) is 12.2. The summed E-state index contributed by atoms with van der Waals surface area (Å²) < 4.78 is 2.32. The zero-order valence-corrected chi connectivity index (χ0v) is 19.5. The first-order chi connectivity index (χ1) is 15.0. The van der Waals surface area contributed by atoms with E-state index in [1.807, 2.05) is 25.1 Å². The lowest BCUT2D eigenvalue weighted by atomic mass is 9.93. The van der Waals surface area contributed by atoms with E-state index >= 15 is 0 Å². The average Bonchev–Trinajstić information content (AvgIpc) is 3.39. The molecule has 0 aliphatic carbocycles. The summed E-state index contributed by atoms with van der Waals surface area (Å²) in [5.41, 5.74) is 2.40. The Morgan fingerprint density at radius 3 is 2.55 bits per heavy atom. The molecule has 0 fully saturated rings. The highest BCUT2D eigenvalue weighted by Gasteiger charge is 2.23. The number of benzene rings is 1. The highest BCUT2D eigenvalue weighted by molar-refractivity contribution is 7.09. The van der Waals surface area contributed by atoms with Crippen LogP contribution in [0.1, 0.15) is 86.4 Å². The van der Waals surface area contributed by atoms with Crippen LogP contribution in [0, 0.1) is 5.92 Å². The Kier molecular flexibility index (Phi) is 8.02. The summed E-state index contributed by atoms with van der Waals surface area (Å²) in [4.78, 5) is 30.6. The minimum Gasteiger partial charge on any atom is -0.481 e. The number of thiophene rings is 1. The smallest absolute Gasteiger partial charge is 0.306 e. The van der Waals surface area contributed by atoms with Crippen molar-refractivity contribution >= 4 is 34.1 Å². The highest BCUT2D eigenvalue weighted by atomic mass is 32.1. The number of carboxylic acids is 1. The molecule has 2 heterocycles. The molecule has 1 aromatic carbocycles. The molecule has 5 nitrogen and oxygen atoms in total. The summed E-state index contributed by atoms with van der Waals surface area (Å²) in [6, 6.07) is 10.2. The number of hydrogen-bond donors (Lipinski definition) is 1. The molecule has 3 aromatic rings. The molecule has 3 rings (SSSR count). The van der Waals surface area contributed by atoms with Crippen LogP contribution in [0.3, 0.4) is 0 Å². The topological polar surface area (TPSA) is 72.2 Å². The standard InChI is InChI=1S/C25H32N2O3S/c1-4-7-9-18(25(29)30)15-23(28)17-11-12-22-21(14-17)26-24(16-20-10-8-13-31-20)27(22)19(5-2)6-3/h8,10-14,18-19H,4-7,9,15-16H2,1-3H3,(H,29,30)/t18-/m1/s1. The minimum absolute atomic E-state index is 0.0378. The van der Waals surface area contributed by atoms with Crippen molar-refractivity contribution in [2.75, 3.05) is 0 Å². The Hall–Kier alpha value is -2.47. The van der Waals surface area contributed by atoms with Crippen molar-refractivity contribution in [3.8, 4) is 0 Å². The third-order valence-electron chi connectivity index (χ3n) is 5.99. The molecule has 1 atom stereocenters. The minimum atomic E-state index is -0.890. The van der Waals surface area contributed by atoms with Crippen LogP contribution in [0.5, 0.6) is 0 Å². The van der Waals surface area contributed by atoms with E-state index in [2.05, 4.69) is 35.9 Å². The molecule has 0 bridgehead atoms. The molecular weight excluding hydrogens is 408 g/mol. The van der Waals surface area contributed by atoms with Gasteiger partial charge < -0.3 is 9.67 Å². The third-order valence-corrected chi connectivity index (χ3v) is 6.87. The van der Waals surface area contributed by atoms with Gasteiger partial charge in [0.25, 0.3) is 0 Å². The van der Waals surface area contributed by atoms with Crippen molar-refractivity contribution in [3.63, 3.8) is 0 Å². The number of rotatable bonds is 12. The molecule has 166 valence electrons. The first-order valence-electron chi connectivity index (χ1n) is 11.3. The van der Waals surface area contributed by atoms with Gasteiger partial charge in [-0.3, -0.25) is 9.59 Å². The predicted molar refractivity (Wildman–Crippen MR) is 126 cm³/mol. The normalized spacial score (nSPS) is 12.5. The quantitative estimate of drug-likeness (QED) is 0.326. The maximum atomic E-state index is 12.9. The van der Waals surface area contributed by atoms with E-state index in [0.717, 1.165) is 49.0 Å². The lowest BCUT2D eigenvalue weighted by Crippen LogP contribution is -2.18. The van der Waals surface area contributed by atoms with Crippen molar-refractivity contribution in [1.82, 2.24) is 9.55 Å². The van der Waals surface area contributed by atoms with Gasteiger partial charge in [0.2, 0.25) is 0 Å². The molecule has 0 amide bonds. The lowest BCUT2D eigenvalue weighted by Gasteiger charge is -2.19. The van der Waals surface area contributed by atoms with Gasteiger partial charge in [-0.2, -0.15) is 0 Å². The summed E-state index contributed by atoms with van der Waals surface area (Å²) in [6.07, 6.45) is 5.10. The van der Waals surface area contributed by atoms with Gasteiger partial charge in [0.1, 0.15) is 5.82 Å². The van der Waals surface area contributed by atoms with Gasteiger partial charge >= 0.3 is 5.97 Å². The van der Waals surface area contributed by atoms with E-state index in [1.165, 1.54) is 4.88 Å². The van der Waals surface area contributed by atoms with Gasteiger partial charge in [-0.15, -0.1) is 11.3 Å². The fourth-order valence-electron chi connectivity index (χ4n) is 4.18. The van der Waals surface area contributed by atoms with Gasteiger partial charge in [0, 0.05) is 29.3 Å². The maximum Gasteiger partial charge on any atom is 0.306 e. The van der Waals surface area contributed by atoms with Crippen molar-refractivity contribution in [2.24, 2.45) is 5.92 Å². The van der Waals surface area contributed by atoms with Crippen LogP contribution in [0.4, 0.5) is 0 Å². The number of aliphatic carboxylic acids is 1. The first kappa shape index (κ1) is 23.2. The third kappa shape index (κ3) is 5.42. The summed E-state index contributed by atoms with van der Waals surface area (Å²) >= 11 is 1.72. The molecule has 0 unspecified atom stereocenters. The van der Waals surface area contributed by atoms with Crippen LogP contribution in [-0.4, -0.2) is 26.4 Å². The second-order valence-electron chi connectivity index (χ2n) is 8.13. The zero-order chi connectivity index (χ0) is 22.4. The number of hydrogen-bond acceptors (Lipinski definition) is 4. The number of aromatic nitrogens is 2. The van der Waals surface area contributed by atoms with Gasteiger partial charge in [0.15, 0.2) is 5.78 Å². The molecular formula is C25H32N2O3S. The Balaban J connectivity index is 1.94. The van der Waals surface area contributed by atoms with Gasteiger partial charge in [-0.1, -0.05) is 39.7 Å². The van der Waals surface area contributed by atoms with Gasteiger partial charge in [-0.05, 0) is 48.9 Å². The number of nitrogens with zero attached hydrogens (tertiary/aromatic N) is 2. The lowest BCUT2D eigenvalue weighted by molar-refractivity contribution is -0.141. The second kappa shape index (κ2) is 10.7. The SMILES string of the molecule is CCCC[C@H](CC(=O)c1ccc2c(c1)nc(Cc1cccs1)n2C(CC)CC)C(=O)O. The number of carbonyl (C=O) groups is 2. The molecule has 0 radical (unpaired) electrons. The number of Topliss-reactive ketones (excluding diaryl/α,β-unsaturated/α-hetero) is 1. The van der Waals surface area contributed by atoms with E-state index in [-0.39, 0.29) is 12.2 Å². The number of carboxylic acid groups (broad SMARTS) is 1. The van der Waals surface area contributed by atoms with Crippen LogP contribution < -0.4 is 0 Å². The van der Waals surface area contributed by atoms with Crippen LogP contribution in [-0.2, 0) is 11.2 Å². The summed E-state index contributed by atoms with van der Waals surface area (Å²) in [5.74, 6) is -0.622. The number of unbranched alkanes of at least 4 members (excludes halogenated alkanes) is 1. The maximum absolute atomic E-state index is 12.9. The average molecular weight is 441 g/mol. The van der Waals surface area contributed by atoms with Crippen molar-refractivity contribution < 1.29 is 14.7 Å². The number of imidazole rings is 1. The number of carbonyl (C=O) groups excluding carboxylic acids is 1. The second-order valence-corrected chi connectivity index (χ2v) is 9.16. The van der Waals surface area contributed by atoms with E-state index in [0.29, 0.717) is 18.0 Å². The van der Waals surface area contributed by atoms with E-state index in [9.17, 15) is 14.7 Å². The highest BCUT2D eigenvalue weighted by Crippen LogP contribution is 2.29. The van der Waals surface area contributed by atoms with Crippen molar-refractivity contribution in [1.29, 1.82) is 0 Å². The molecule has 0 aliphatic heterocycles. The molecule has 1 N–H and O–H groups in total. The molecule has 2 aromatic heterocycles. The van der Waals surface area contributed by atoms with E-state index < -0.39 is 11.9 Å². The monoisotopic (exact) mass is 440 g/mol. The summed E-state index contributed by atoms with van der Waals surface area (Å²) in [5, 5.41) is 11.6. The van der Waals surface area contributed by atoms with Crippen LogP contribution in [0.15, 0.2) is 35.7 Å². The Morgan fingerprint density at radius 1 is 1.16 bits per heavy atom. The van der Waals surface area contributed by atoms with E-state index in [1.54, 1.807) is 11.3 Å². The van der Waals surface area contributed by atoms with Crippen molar-refractivity contribution in [3.05, 3.63) is 52.0 Å². The fourth-order valence-corrected chi connectivity index (χ4v) is 4.88. The van der Waals surface area contributed by atoms with Crippen LogP contribution >= 0.6 is 11.3 Å². The van der Waals surface area contributed by atoms with Gasteiger partial charge in [0.05, 0.1) is 17.0 Å². The molecule has 6 heteroatoms. The summed E-state index contributed by atoms with van der Waals surface area (Å²) in [6.45, 7) is 6.41. The van der Waals surface area contributed by atoms with E-state index in [4.69, 9.17) is 4.98 Å². The molecule has 0 spiro atoms. The molecule has 0 saturated heterocycles. The molecule has 0 saturated carbocycles. The van der Waals surface area contributed by atoms with Crippen molar-refractivity contribution in [2.45, 2.75) is 71.8 Å². The number of ketones is 1. The molecule has 31 heavy (non-hydrogen) atoms. The Labute approximate surface area is 188 Å². The summed E-state index contributed by atoms with van der Waals surface area (Å²) in [7, 11) is 0. The largest absolute Gasteiger partial charge is 0.481 e.